The standard InChI is InChI=1S/2C19H10N6.2C6H7NO.2Pt/c1-20-16-17(21-2)23-19-18(22-16)24(14-9-5-3-6-10-14)13-25(19)15-11-7-4-8-12-15;20-11-16-17(12-21)23-19-18(22-16)24(14-7-3-1-4-8-14)13-25(19)15-9-5-2-6-10-15;2*1-5-3-2-4-6(8)7-5;;/h3-11,13H;1-9,13H;2*2-4H,1H3,(H,7,8);;/q2*-2;;;2*+2. The van der Waals surface area contributed by atoms with Gasteiger partial charge in [0.05, 0.1) is 0 Å². The van der Waals surface area contributed by atoms with Crippen LogP contribution in [0.5, 0.6) is 11.8 Å². The van der Waals surface area contributed by atoms with Crippen molar-refractivity contribution in [3.63, 3.8) is 0 Å². The first kappa shape index (κ1) is 50.5. The topological polar surface area (TPSA) is 187 Å². The van der Waals surface area contributed by atoms with Crippen molar-refractivity contribution in [2.45, 2.75) is 13.8 Å². The minimum absolute atomic E-state index is 0. The molecule has 0 aliphatic carbocycles. The van der Waals surface area contributed by atoms with Gasteiger partial charge in [-0.2, -0.15) is 65.1 Å². The van der Waals surface area contributed by atoms with E-state index >= 15 is 0 Å². The molecule has 18 heteroatoms. The molecule has 4 aromatic heterocycles. The normalized spacial score (nSPS) is 11.3. The third-order valence-electron chi connectivity index (χ3n) is 9.20. The number of nitrogens with zero attached hydrogens (tertiary/aromatic N) is 14. The molecule has 8 aromatic rings. The molecule has 16 nitrogen and oxygen atoms in total. The van der Waals surface area contributed by atoms with Gasteiger partial charge >= 0.3 is 42.1 Å². The number of aromatic nitrogens is 6. The van der Waals surface area contributed by atoms with Crippen molar-refractivity contribution in [3.05, 3.63) is 217 Å². The van der Waals surface area contributed by atoms with Crippen LogP contribution < -0.4 is 19.6 Å². The van der Waals surface area contributed by atoms with E-state index in [2.05, 4.69) is 51.7 Å². The average Bonchev–Trinajstić information content (AvgIpc) is 3.93. The maximum atomic E-state index is 9.27. The summed E-state index contributed by atoms with van der Waals surface area (Å²) in [5.74, 6) is 2.18. The average molecular weight is 1250 g/mol. The molecule has 0 unspecified atom stereocenters. The van der Waals surface area contributed by atoms with Crippen molar-refractivity contribution >= 4 is 57.7 Å². The molecule has 6 heterocycles. The van der Waals surface area contributed by atoms with Crippen molar-refractivity contribution in [2.75, 3.05) is 19.6 Å². The van der Waals surface area contributed by atoms with E-state index in [0.29, 0.717) is 23.3 Å². The smallest absolute Gasteiger partial charge is 0.493 e. The van der Waals surface area contributed by atoms with E-state index in [4.69, 9.17) is 23.4 Å². The summed E-state index contributed by atoms with van der Waals surface area (Å²) in [4.78, 5) is 38.9. The molecule has 4 aromatic carbocycles. The Morgan fingerprint density at radius 1 is 0.485 bits per heavy atom. The summed E-state index contributed by atoms with van der Waals surface area (Å²) in [6.07, 6.45) is 0. The quantitative estimate of drug-likeness (QED) is 0.159. The van der Waals surface area contributed by atoms with Gasteiger partial charge in [0, 0.05) is 34.9 Å². The van der Waals surface area contributed by atoms with E-state index in [0.717, 1.165) is 34.1 Å². The first-order chi connectivity index (χ1) is 32.2. The molecule has 0 spiro atoms. The Kier molecular flexibility index (Phi) is 17.9. The monoisotopic (exact) mass is 1250 g/mol. The van der Waals surface area contributed by atoms with E-state index in [-0.39, 0.29) is 76.9 Å². The largest absolute Gasteiger partial charge is 2.00 e. The number of hydrogen-bond acceptors (Lipinski definition) is 14. The second kappa shape index (κ2) is 24.1. The Balaban J connectivity index is 0.000000188. The fourth-order valence-electron chi connectivity index (χ4n) is 6.25. The predicted molar refractivity (Wildman–Crippen MR) is 248 cm³/mol. The van der Waals surface area contributed by atoms with Crippen LogP contribution in [0.1, 0.15) is 22.8 Å². The van der Waals surface area contributed by atoms with Crippen LogP contribution in [0.4, 0.5) is 57.7 Å². The molecule has 0 atom stereocenters. The Morgan fingerprint density at radius 2 is 0.853 bits per heavy atom. The number of benzene rings is 4. The zero-order valence-electron chi connectivity index (χ0n) is 35.8. The summed E-state index contributed by atoms with van der Waals surface area (Å²) in [6.45, 7) is 21.9. The zero-order valence-corrected chi connectivity index (χ0v) is 40.3. The number of fused-ring (bicyclic) bond motifs is 2. The number of aromatic hydroxyl groups is 2. The minimum atomic E-state index is -0.00186. The van der Waals surface area contributed by atoms with Crippen LogP contribution in [0.3, 0.4) is 0 Å². The number of rotatable bonds is 4. The molecule has 0 radical (unpaired) electrons. The number of para-hydroxylation sites is 4. The van der Waals surface area contributed by atoms with Crippen LogP contribution in [0.15, 0.2) is 146 Å². The summed E-state index contributed by atoms with van der Waals surface area (Å²) in [6, 6.07) is 54.7. The summed E-state index contributed by atoms with van der Waals surface area (Å²) < 4.78 is 0. The molecule has 336 valence electrons. The van der Waals surface area contributed by atoms with Gasteiger partial charge in [-0.1, -0.05) is 61.7 Å². The molecule has 0 saturated carbocycles. The number of hydrogen-bond donors (Lipinski definition) is 2. The second-order valence-electron chi connectivity index (χ2n) is 13.7. The maximum absolute atomic E-state index is 9.27. The fourth-order valence-corrected chi connectivity index (χ4v) is 6.25. The minimum Gasteiger partial charge on any atom is -0.493 e. The summed E-state index contributed by atoms with van der Waals surface area (Å²) >= 11 is 0. The van der Waals surface area contributed by atoms with Crippen LogP contribution in [0, 0.1) is 75.1 Å². The molecule has 10 rings (SSSR count). The van der Waals surface area contributed by atoms with Gasteiger partial charge in [-0.15, -0.1) is 40.7 Å². The molecule has 0 bridgehead atoms. The SMILES string of the molecule is Cc1cccc(O)n1.Cc1cccc(O)n1.N#Cc1nc2c(nc1C#N)N(c1ccccc1)[CH-]N2c1[c-]cccc1.[C-]#[N+]c1nc2c(nc1[N+]#[C-])N(c1ccccc1)[CH-]N2c1[c-]cccc1.[Pt+2].[Pt+2]. The second-order valence-corrected chi connectivity index (χ2v) is 13.7. The molecule has 2 aliphatic rings. The molecule has 68 heavy (non-hydrogen) atoms. The van der Waals surface area contributed by atoms with E-state index < -0.39 is 0 Å². The molecule has 2 aliphatic heterocycles. The van der Waals surface area contributed by atoms with Gasteiger partial charge in [-0.05, 0) is 50.2 Å². The van der Waals surface area contributed by atoms with Gasteiger partial charge in [-0.3, -0.25) is 0 Å². The first-order valence-corrected chi connectivity index (χ1v) is 19.8. The van der Waals surface area contributed by atoms with Crippen molar-refractivity contribution in [1.82, 2.24) is 29.9 Å². The van der Waals surface area contributed by atoms with Crippen LogP contribution in [0.2, 0.25) is 0 Å². The Labute approximate surface area is 421 Å². The first-order valence-electron chi connectivity index (χ1n) is 19.8. The van der Waals surface area contributed by atoms with Gasteiger partial charge in [0.25, 0.3) is 23.3 Å². The van der Waals surface area contributed by atoms with Crippen LogP contribution >= 0.6 is 0 Å². The van der Waals surface area contributed by atoms with Crippen molar-refractivity contribution in [3.8, 4) is 23.9 Å². The van der Waals surface area contributed by atoms with Gasteiger partial charge in [0.1, 0.15) is 23.8 Å². The fraction of sp³-hybridized carbons (Fsp3) is 0.0400. The van der Waals surface area contributed by atoms with E-state index in [1.165, 1.54) is 0 Å². The summed E-state index contributed by atoms with van der Waals surface area (Å²) in [5.41, 5.74) is 5.01. The number of nitriles is 2. The van der Waals surface area contributed by atoms with Crippen molar-refractivity contribution < 1.29 is 52.3 Å². The van der Waals surface area contributed by atoms with Gasteiger partial charge in [0.2, 0.25) is 11.8 Å². The molecular formula is C50H34N14O2Pt2. The third-order valence-corrected chi connectivity index (χ3v) is 9.20. The Hall–Kier alpha value is -8.52. The van der Waals surface area contributed by atoms with Crippen LogP contribution in [-0.2, 0) is 42.1 Å². The third kappa shape index (κ3) is 12.0. The summed E-state index contributed by atoms with van der Waals surface area (Å²) in [7, 11) is 0. The maximum Gasteiger partial charge on any atom is 2.00 e. The molecular weight excluding hydrogens is 1220 g/mol. The van der Waals surface area contributed by atoms with Crippen LogP contribution in [0.25, 0.3) is 9.69 Å². The van der Waals surface area contributed by atoms with Gasteiger partial charge < -0.3 is 39.5 Å². The molecule has 0 amide bonds. The molecule has 0 saturated heterocycles. The summed E-state index contributed by atoms with van der Waals surface area (Å²) in [5, 5.41) is 35.9. The van der Waals surface area contributed by atoms with Crippen molar-refractivity contribution in [2.24, 2.45) is 0 Å². The van der Waals surface area contributed by atoms with E-state index in [1.807, 2.05) is 169 Å². The number of aryl methyl sites for hydroxylation is 2. The van der Waals surface area contributed by atoms with E-state index in [1.54, 1.807) is 35.2 Å². The van der Waals surface area contributed by atoms with Crippen LogP contribution in [-0.4, -0.2) is 40.1 Å². The number of anilines is 8. The Morgan fingerprint density at radius 3 is 1.18 bits per heavy atom. The van der Waals surface area contributed by atoms with Gasteiger partial charge in [-0.25, -0.2) is 19.9 Å². The van der Waals surface area contributed by atoms with E-state index in [9.17, 15) is 10.5 Å². The van der Waals surface area contributed by atoms with Crippen molar-refractivity contribution in [1.29, 1.82) is 10.5 Å². The molecule has 0 fully saturated rings. The number of pyridine rings is 2. The van der Waals surface area contributed by atoms with Gasteiger partial charge in [0.15, 0.2) is 11.4 Å². The predicted octanol–water partition coefficient (Wildman–Crippen LogP) is 10.4. The molecule has 2 N–H and O–H groups in total. The Bertz CT molecular complexity index is 2720. The zero-order chi connectivity index (χ0) is 46.4.